The predicted molar refractivity (Wildman–Crippen MR) is 137 cm³/mol. The van der Waals surface area contributed by atoms with E-state index in [2.05, 4.69) is 16.9 Å². The fourth-order valence-corrected chi connectivity index (χ4v) is 4.72. The van der Waals surface area contributed by atoms with Gasteiger partial charge in [0.1, 0.15) is 22.5 Å². The van der Waals surface area contributed by atoms with Crippen LogP contribution in [0.25, 0.3) is 27.5 Å². The number of aryl methyl sites for hydroxylation is 1. The lowest BCUT2D eigenvalue weighted by Crippen LogP contribution is -2.32. The Balaban J connectivity index is 1.59. The fraction of sp³-hybridized carbons (Fsp3) is 0.385. The molecule has 9 heteroatoms. The van der Waals surface area contributed by atoms with Crippen LogP contribution in [-0.2, 0) is 0 Å². The zero-order chi connectivity index (χ0) is 24.7. The van der Waals surface area contributed by atoms with Gasteiger partial charge in [-0.25, -0.2) is 4.68 Å². The first-order chi connectivity index (χ1) is 16.9. The monoisotopic (exact) mass is 477 g/mol. The molecule has 5 rings (SSSR count). The largest absolute Gasteiger partial charge is 0.497 e. The molecule has 0 bridgehead atoms. The number of aromatic amines is 1. The van der Waals surface area contributed by atoms with E-state index in [4.69, 9.17) is 25.0 Å². The van der Waals surface area contributed by atoms with Gasteiger partial charge in [0.25, 0.3) is 5.56 Å². The van der Waals surface area contributed by atoms with Crippen LogP contribution >= 0.6 is 0 Å². The van der Waals surface area contributed by atoms with E-state index in [0.717, 1.165) is 42.6 Å². The van der Waals surface area contributed by atoms with Crippen LogP contribution in [0.1, 0.15) is 18.4 Å². The topological polar surface area (TPSA) is 108 Å². The van der Waals surface area contributed by atoms with Gasteiger partial charge >= 0.3 is 0 Å². The third-order valence-electron chi connectivity index (χ3n) is 6.91. The van der Waals surface area contributed by atoms with Gasteiger partial charge in [-0.3, -0.25) is 4.79 Å². The summed E-state index contributed by atoms with van der Waals surface area (Å²) in [6.07, 6.45) is 2.20. The standard InChI is InChI=1S/C26H31N5O4/c1-15-5-6-17(33-3)11-20(15)31-25(27)23-24(29-31)18-12-21(34-4)22(13-19(18)28-26(23)32)35-14-16-7-9-30(2)10-8-16/h5-6,11-13,16H,7-10,14,27H2,1-4H3,(H,28,32). The summed E-state index contributed by atoms with van der Waals surface area (Å²) in [4.78, 5) is 18.4. The van der Waals surface area contributed by atoms with Crippen LogP contribution in [0.5, 0.6) is 17.2 Å². The molecule has 0 spiro atoms. The number of nitrogen functional groups attached to an aromatic ring is 1. The second kappa shape index (κ2) is 9.14. The number of H-pyrrole nitrogens is 1. The normalized spacial score (nSPS) is 15.1. The van der Waals surface area contributed by atoms with Crippen molar-refractivity contribution in [2.24, 2.45) is 5.92 Å². The number of ether oxygens (including phenoxy) is 3. The molecule has 0 radical (unpaired) electrons. The summed E-state index contributed by atoms with van der Waals surface area (Å²) in [5.41, 5.74) is 8.96. The number of methoxy groups -OCH3 is 2. The van der Waals surface area contributed by atoms with Crippen LogP contribution in [0.15, 0.2) is 35.1 Å². The highest BCUT2D eigenvalue weighted by Crippen LogP contribution is 2.36. The molecule has 1 fully saturated rings. The first-order valence-corrected chi connectivity index (χ1v) is 11.8. The number of nitrogens with one attached hydrogen (secondary N) is 1. The Morgan fingerprint density at radius 1 is 1.11 bits per heavy atom. The Morgan fingerprint density at radius 2 is 1.89 bits per heavy atom. The summed E-state index contributed by atoms with van der Waals surface area (Å²) in [5, 5.41) is 5.82. The average molecular weight is 478 g/mol. The molecule has 35 heavy (non-hydrogen) atoms. The summed E-state index contributed by atoms with van der Waals surface area (Å²) < 4.78 is 18.8. The van der Waals surface area contributed by atoms with Crippen LogP contribution < -0.4 is 25.5 Å². The Labute approximate surface area is 203 Å². The molecule has 1 aliphatic rings. The van der Waals surface area contributed by atoms with Crippen molar-refractivity contribution in [3.8, 4) is 22.9 Å². The third-order valence-corrected chi connectivity index (χ3v) is 6.91. The van der Waals surface area contributed by atoms with Gasteiger partial charge < -0.3 is 29.8 Å². The second-order valence-corrected chi connectivity index (χ2v) is 9.23. The molecule has 2 aromatic carbocycles. The molecule has 1 saturated heterocycles. The molecular weight excluding hydrogens is 446 g/mol. The van der Waals surface area contributed by atoms with E-state index in [1.807, 2.05) is 37.3 Å². The molecule has 0 amide bonds. The lowest BCUT2D eigenvalue weighted by Gasteiger charge is -2.28. The molecule has 4 aromatic rings. The molecule has 2 aromatic heterocycles. The van der Waals surface area contributed by atoms with Crippen LogP contribution in [0.4, 0.5) is 5.82 Å². The number of fused-ring (bicyclic) bond motifs is 3. The van der Waals surface area contributed by atoms with E-state index >= 15 is 0 Å². The summed E-state index contributed by atoms with van der Waals surface area (Å²) in [6, 6.07) is 9.32. The van der Waals surface area contributed by atoms with Crippen LogP contribution in [-0.4, -0.2) is 60.6 Å². The van der Waals surface area contributed by atoms with E-state index in [1.165, 1.54) is 0 Å². The van der Waals surface area contributed by atoms with Crippen molar-refractivity contribution in [3.63, 3.8) is 0 Å². The fourth-order valence-electron chi connectivity index (χ4n) is 4.72. The number of hydrogen-bond acceptors (Lipinski definition) is 7. The number of aromatic nitrogens is 3. The number of hydrogen-bond donors (Lipinski definition) is 2. The van der Waals surface area contributed by atoms with Gasteiger partial charge in [-0.2, -0.15) is 5.10 Å². The molecule has 3 N–H and O–H groups in total. The van der Waals surface area contributed by atoms with Gasteiger partial charge in [-0.1, -0.05) is 6.07 Å². The number of piperidine rings is 1. The molecule has 1 aliphatic heterocycles. The number of likely N-dealkylation sites (tertiary alicyclic amines) is 1. The Hall–Kier alpha value is -3.72. The van der Waals surface area contributed by atoms with Crippen molar-refractivity contribution >= 4 is 27.6 Å². The maximum atomic E-state index is 13.1. The van der Waals surface area contributed by atoms with E-state index in [1.54, 1.807) is 18.9 Å². The SMILES string of the molecule is COc1ccc(C)c(-n2nc3c(c2N)c(=O)[nH]c2cc(OCC4CCN(C)CC4)c(OC)cc23)c1. The van der Waals surface area contributed by atoms with E-state index < -0.39 is 0 Å². The quantitative estimate of drug-likeness (QED) is 0.438. The zero-order valence-electron chi connectivity index (χ0n) is 20.6. The van der Waals surface area contributed by atoms with Gasteiger partial charge in [0, 0.05) is 17.5 Å². The molecule has 0 atom stereocenters. The minimum absolute atomic E-state index is 0.265. The van der Waals surface area contributed by atoms with Crippen molar-refractivity contribution in [2.75, 3.05) is 46.7 Å². The molecule has 0 aliphatic carbocycles. The van der Waals surface area contributed by atoms with Crippen molar-refractivity contribution in [1.29, 1.82) is 0 Å². The minimum atomic E-state index is -0.303. The van der Waals surface area contributed by atoms with Crippen molar-refractivity contribution in [1.82, 2.24) is 19.7 Å². The summed E-state index contributed by atoms with van der Waals surface area (Å²) in [5.74, 6) is 2.63. The van der Waals surface area contributed by atoms with Gasteiger partial charge in [0.15, 0.2) is 11.5 Å². The number of nitrogens with zero attached hydrogens (tertiary/aromatic N) is 3. The van der Waals surface area contributed by atoms with Gasteiger partial charge in [-0.05, 0) is 63.5 Å². The molecule has 3 heterocycles. The maximum Gasteiger partial charge on any atom is 0.261 e. The highest BCUT2D eigenvalue weighted by atomic mass is 16.5. The number of anilines is 1. The highest BCUT2D eigenvalue weighted by Gasteiger charge is 2.21. The predicted octanol–water partition coefficient (Wildman–Crippen LogP) is 3.50. The summed E-state index contributed by atoms with van der Waals surface area (Å²) in [7, 11) is 5.36. The smallest absolute Gasteiger partial charge is 0.261 e. The van der Waals surface area contributed by atoms with E-state index in [9.17, 15) is 4.79 Å². The Bertz CT molecular complexity index is 1450. The van der Waals surface area contributed by atoms with E-state index in [0.29, 0.717) is 46.2 Å². The molecular formula is C26H31N5O4. The molecule has 0 saturated carbocycles. The summed E-state index contributed by atoms with van der Waals surface area (Å²) >= 11 is 0. The molecule has 184 valence electrons. The second-order valence-electron chi connectivity index (χ2n) is 9.23. The summed E-state index contributed by atoms with van der Waals surface area (Å²) in [6.45, 7) is 4.72. The Morgan fingerprint density at radius 3 is 2.60 bits per heavy atom. The van der Waals surface area contributed by atoms with Crippen molar-refractivity contribution < 1.29 is 14.2 Å². The maximum absolute atomic E-state index is 13.1. The van der Waals surface area contributed by atoms with Gasteiger partial charge in [0.2, 0.25) is 0 Å². The number of nitrogens with two attached hydrogens (primary N) is 1. The zero-order valence-corrected chi connectivity index (χ0v) is 20.6. The van der Waals surface area contributed by atoms with Crippen LogP contribution in [0, 0.1) is 12.8 Å². The molecule has 9 nitrogen and oxygen atoms in total. The first kappa shape index (κ1) is 23.0. The minimum Gasteiger partial charge on any atom is -0.497 e. The number of rotatable bonds is 6. The van der Waals surface area contributed by atoms with Gasteiger partial charge in [-0.15, -0.1) is 0 Å². The lowest BCUT2D eigenvalue weighted by atomic mass is 9.98. The van der Waals surface area contributed by atoms with E-state index in [-0.39, 0.29) is 11.4 Å². The lowest BCUT2D eigenvalue weighted by molar-refractivity contribution is 0.157. The highest BCUT2D eigenvalue weighted by molar-refractivity contribution is 6.07. The Kier molecular flexibility index (Phi) is 6.02. The third kappa shape index (κ3) is 4.16. The number of pyridine rings is 1. The molecule has 0 unspecified atom stereocenters. The van der Waals surface area contributed by atoms with Crippen molar-refractivity contribution in [2.45, 2.75) is 19.8 Å². The van der Waals surface area contributed by atoms with Gasteiger partial charge in [0.05, 0.1) is 32.0 Å². The first-order valence-electron chi connectivity index (χ1n) is 11.8. The average Bonchev–Trinajstić information content (AvgIpc) is 3.21. The number of benzene rings is 2. The van der Waals surface area contributed by atoms with Crippen LogP contribution in [0.2, 0.25) is 0 Å². The van der Waals surface area contributed by atoms with Crippen LogP contribution in [0.3, 0.4) is 0 Å². The van der Waals surface area contributed by atoms with Crippen molar-refractivity contribution in [3.05, 3.63) is 46.2 Å².